The van der Waals surface area contributed by atoms with Gasteiger partial charge in [-0.2, -0.15) is 0 Å². The second kappa shape index (κ2) is 7.40. The van der Waals surface area contributed by atoms with Crippen molar-refractivity contribution in [1.82, 2.24) is 0 Å². The van der Waals surface area contributed by atoms with Crippen molar-refractivity contribution in [2.24, 2.45) is 11.7 Å². The molecule has 0 saturated heterocycles. The molecule has 0 fully saturated rings. The number of aliphatic hydroxyl groups excluding tert-OH is 1. The molecule has 0 bridgehead atoms. The second-order valence-corrected chi connectivity index (χ2v) is 6.06. The van der Waals surface area contributed by atoms with Gasteiger partial charge < -0.3 is 15.9 Å². The summed E-state index contributed by atoms with van der Waals surface area (Å²) in [7, 11) is 0. The molecular weight excluding hydrogens is 290 g/mol. The van der Waals surface area contributed by atoms with E-state index in [2.05, 4.69) is 32.0 Å². The number of fused-ring (bicyclic) bond motifs is 1. The lowest BCUT2D eigenvalue weighted by Crippen LogP contribution is -2.13. The molecule has 0 saturated carbocycles. The summed E-state index contributed by atoms with van der Waals surface area (Å²) in [6.07, 6.45) is -0.257. The first kappa shape index (κ1) is 17.2. The molecule has 1 aliphatic rings. The molecule has 2 aromatic carbocycles. The van der Waals surface area contributed by atoms with Crippen molar-refractivity contribution in [2.75, 3.05) is 0 Å². The van der Waals surface area contributed by atoms with Gasteiger partial charge >= 0.3 is 5.97 Å². The van der Waals surface area contributed by atoms with E-state index in [0.29, 0.717) is 11.5 Å². The van der Waals surface area contributed by atoms with Crippen LogP contribution in [0, 0.1) is 12.8 Å². The Balaban J connectivity index is 0.000000168. The topological polar surface area (TPSA) is 83.6 Å². The van der Waals surface area contributed by atoms with Crippen LogP contribution in [-0.4, -0.2) is 16.2 Å². The molecule has 0 amide bonds. The number of aliphatic hydroxyl groups is 1. The molecule has 3 atom stereocenters. The SMILES string of the molecule is Cc1ccc2c(c1)[C@H](N)[C@@H](C)C2.O=C(O)[C@H](O)c1ccccc1. The van der Waals surface area contributed by atoms with Gasteiger partial charge in [0.05, 0.1) is 0 Å². The van der Waals surface area contributed by atoms with E-state index in [0.717, 1.165) is 6.42 Å². The molecule has 0 aromatic heterocycles. The molecule has 0 radical (unpaired) electrons. The highest BCUT2D eigenvalue weighted by Crippen LogP contribution is 2.34. The molecule has 3 rings (SSSR count). The minimum absolute atomic E-state index is 0.264. The molecule has 23 heavy (non-hydrogen) atoms. The van der Waals surface area contributed by atoms with Crippen molar-refractivity contribution < 1.29 is 15.0 Å². The van der Waals surface area contributed by atoms with E-state index in [9.17, 15) is 4.79 Å². The van der Waals surface area contributed by atoms with Crippen LogP contribution in [0.15, 0.2) is 48.5 Å². The van der Waals surface area contributed by atoms with Gasteiger partial charge in [0.1, 0.15) is 0 Å². The Morgan fingerprint density at radius 1 is 1.22 bits per heavy atom. The number of hydrogen-bond acceptors (Lipinski definition) is 3. The number of carboxylic acid groups (broad SMARTS) is 1. The van der Waals surface area contributed by atoms with E-state index in [1.165, 1.54) is 16.7 Å². The normalized spacial score (nSPS) is 20.2. The summed E-state index contributed by atoms with van der Waals surface area (Å²) < 4.78 is 0. The highest BCUT2D eigenvalue weighted by Gasteiger charge is 2.25. The number of hydrogen-bond donors (Lipinski definition) is 3. The van der Waals surface area contributed by atoms with E-state index < -0.39 is 12.1 Å². The average Bonchev–Trinajstić information content (AvgIpc) is 2.83. The fourth-order valence-corrected chi connectivity index (χ4v) is 2.77. The van der Waals surface area contributed by atoms with Crippen LogP contribution in [0.4, 0.5) is 0 Å². The lowest BCUT2D eigenvalue weighted by molar-refractivity contribution is -0.146. The Kier molecular flexibility index (Phi) is 5.53. The third-order valence-electron chi connectivity index (χ3n) is 4.16. The van der Waals surface area contributed by atoms with Gasteiger partial charge in [0.15, 0.2) is 6.10 Å². The van der Waals surface area contributed by atoms with Crippen LogP contribution in [0.2, 0.25) is 0 Å². The molecule has 0 heterocycles. The summed E-state index contributed by atoms with van der Waals surface area (Å²) in [5.41, 5.74) is 10.6. The molecule has 0 spiro atoms. The summed E-state index contributed by atoms with van der Waals surface area (Å²) in [5.74, 6) is -0.613. The number of carbonyl (C=O) groups is 1. The Bertz CT molecular complexity index is 670. The number of nitrogens with two attached hydrogens (primary N) is 1. The Labute approximate surface area is 136 Å². The highest BCUT2D eigenvalue weighted by atomic mass is 16.4. The molecule has 4 heteroatoms. The highest BCUT2D eigenvalue weighted by molar-refractivity contribution is 5.73. The number of rotatable bonds is 2. The van der Waals surface area contributed by atoms with Crippen molar-refractivity contribution >= 4 is 5.97 Å². The summed E-state index contributed by atoms with van der Waals surface area (Å²) >= 11 is 0. The first-order valence-corrected chi connectivity index (χ1v) is 7.71. The quantitative estimate of drug-likeness (QED) is 0.796. The predicted molar refractivity (Wildman–Crippen MR) is 90.0 cm³/mol. The smallest absolute Gasteiger partial charge is 0.337 e. The van der Waals surface area contributed by atoms with Crippen molar-refractivity contribution in [3.05, 3.63) is 70.8 Å². The average molecular weight is 313 g/mol. The largest absolute Gasteiger partial charge is 0.479 e. The maximum absolute atomic E-state index is 10.2. The van der Waals surface area contributed by atoms with E-state index in [1.807, 2.05) is 0 Å². The van der Waals surface area contributed by atoms with Gasteiger partial charge in [0.2, 0.25) is 0 Å². The van der Waals surface area contributed by atoms with Gasteiger partial charge in [0.25, 0.3) is 0 Å². The van der Waals surface area contributed by atoms with Crippen molar-refractivity contribution in [2.45, 2.75) is 32.4 Å². The number of carboxylic acids is 1. The molecule has 0 aliphatic heterocycles. The third kappa shape index (κ3) is 4.18. The minimum atomic E-state index is -1.41. The molecular formula is C19H23NO3. The van der Waals surface area contributed by atoms with Gasteiger partial charge in [-0.25, -0.2) is 4.79 Å². The van der Waals surface area contributed by atoms with E-state index >= 15 is 0 Å². The van der Waals surface area contributed by atoms with Crippen LogP contribution < -0.4 is 5.73 Å². The summed E-state index contributed by atoms with van der Waals surface area (Å²) in [4.78, 5) is 10.2. The van der Waals surface area contributed by atoms with Gasteiger partial charge in [-0.05, 0) is 36.0 Å². The molecule has 0 unspecified atom stereocenters. The van der Waals surface area contributed by atoms with Crippen LogP contribution in [0.25, 0.3) is 0 Å². The van der Waals surface area contributed by atoms with Gasteiger partial charge in [-0.3, -0.25) is 0 Å². The van der Waals surface area contributed by atoms with Crippen LogP contribution in [0.3, 0.4) is 0 Å². The zero-order valence-corrected chi connectivity index (χ0v) is 13.4. The van der Waals surface area contributed by atoms with Crippen LogP contribution in [0.5, 0.6) is 0 Å². The summed E-state index contributed by atoms with van der Waals surface area (Å²) in [6.45, 7) is 4.34. The van der Waals surface area contributed by atoms with Crippen molar-refractivity contribution in [3.8, 4) is 0 Å². The standard InChI is InChI=1S/C11H15N.C8H8O3/c1-7-3-4-9-6-8(2)11(12)10(9)5-7;9-7(8(10)11)6-4-2-1-3-5-6/h3-5,8,11H,6,12H2,1-2H3;1-5,7,9H,(H,10,11)/t8-,11+;7-/m01/s1. The molecule has 2 aromatic rings. The number of aryl methyl sites for hydroxylation is 1. The Morgan fingerprint density at radius 3 is 2.48 bits per heavy atom. The summed E-state index contributed by atoms with van der Waals surface area (Å²) in [5, 5.41) is 17.4. The lowest BCUT2D eigenvalue weighted by atomic mass is 10.0. The maximum Gasteiger partial charge on any atom is 0.337 e. The molecule has 4 N–H and O–H groups in total. The maximum atomic E-state index is 10.2. The predicted octanol–water partition coefficient (Wildman–Crippen LogP) is 2.99. The first-order valence-electron chi connectivity index (χ1n) is 7.71. The van der Waals surface area contributed by atoms with Gasteiger partial charge in [-0.15, -0.1) is 0 Å². The number of benzene rings is 2. The van der Waals surface area contributed by atoms with Crippen LogP contribution in [0.1, 0.15) is 41.3 Å². The Hall–Kier alpha value is -2.17. The van der Waals surface area contributed by atoms with Crippen molar-refractivity contribution in [1.29, 1.82) is 0 Å². The molecule has 122 valence electrons. The van der Waals surface area contributed by atoms with E-state index in [4.69, 9.17) is 15.9 Å². The van der Waals surface area contributed by atoms with E-state index in [1.54, 1.807) is 30.3 Å². The summed E-state index contributed by atoms with van der Waals surface area (Å²) in [6, 6.07) is 15.1. The Morgan fingerprint density at radius 2 is 1.87 bits per heavy atom. The van der Waals surface area contributed by atoms with Gasteiger partial charge in [0, 0.05) is 6.04 Å². The number of aliphatic carboxylic acids is 1. The first-order chi connectivity index (χ1) is 10.9. The van der Waals surface area contributed by atoms with Crippen LogP contribution >= 0.6 is 0 Å². The van der Waals surface area contributed by atoms with E-state index in [-0.39, 0.29) is 6.04 Å². The fourth-order valence-electron chi connectivity index (χ4n) is 2.77. The fraction of sp³-hybridized carbons (Fsp3) is 0.316. The molecule has 1 aliphatic carbocycles. The zero-order valence-electron chi connectivity index (χ0n) is 13.4. The van der Waals surface area contributed by atoms with Gasteiger partial charge in [-0.1, -0.05) is 61.0 Å². The minimum Gasteiger partial charge on any atom is -0.479 e. The van der Waals surface area contributed by atoms with Crippen molar-refractivity contribution in [3.63, 3.8) is 0 Å². The van der Waals surface area contributed by atoms with Crippen LogP contribution in [-0.2, 0) is 11.2 Å². The molecule has 4 nitrogen and oxygen atoms in total. The zero-order chi connectivity index (χ0) is 17.0. The second-order valence-electron chi connectivity index (χ2n) is 6.06. The third-order valence-corrected chi connectivity index (χ3v) is 4.16. The lowest BCUT2D eigenvalue weighted by Gasteiger charge is -2.09. The monoisotopic (exact) mass is 313 g/mol.